The zero-order chi connectivity index (χ0) is 13.0. The minimum absolute atomic E-state index is 0.0113. The number of hydrogen-bond acceptors (Lipinski definition) is 2. The van der Waals surface area contributed by atoms with Gasteiger partial charge in [-0.2, -0.15) is 0 Å². The molecule has 1 amide bonds. The van der Waals surface area contributed by atoms with E-state index in [1.54, 1.807) is 6.08 Å². The van der Waals surface area contributed by atoms with Crippen LogP contribution in [0.1, 0.15) is 25.3 Å². The van der Waals surface area contributed by atoms with Crippen molar-refractivity contribution in [3.63, 3.8) is 0 Å². The fourth-order valence-corrected chi connectivity index (χ4v) is 2.05. The van der Waals surface area contributed by atoms with Crippen LogP contribution in [0.4, 0.5) is 0 Å². The highest BCUT2D eigenvalue weighted by Gasteiger charge is 2.41. The summed E-state index contributed by atoms with van der Waals surface area (Å²) in [5.41, 5.74) is 0.516. The van der Waals surface area contributed by atoms with Gasteiger partial charge in [0.15, 0.2) is 0 Å². The van der Waals surface area contributed by atoms with Crippen molar-refractivity contribution < 1.29 is 9.90 Å². The first-order chi connectivity index (χ1) is 8.64. The van der Waals surface area contributed by atoms with E-state index in [1.807, 2.05) is 37.3 Å². The highest BCUT2D eigenvalue weighted by Crippen LogP contribution is 2.39. The molecular formula is C15H19NO2. The van der Waals surface area contributed by atoms with E-state index < -0.39 is 5.54 Å². The standard InChI is InChI=1S/C15H19NO2/c1-15(11-17,13-8-9-13)16-14(18)10-7-12-5-3-2-4-6-12/h2-7,10,13,17H,8-9,11H2,1H3,(H,16,18)/b10-7+. The van der Waals surface area contributed by atoms with Crippen LogP contribution in [0.25, 0.3) is 6.08 Å². The normalized spacial score (nSPS) is 18.6. The van der Waals surface area contributed by atoms with Crippen molar-refractivity contribution in [2.75, 3.05) is 6.61 Å². The average molecular weight is 245 g/mol. The number of aliphatic hydroxyl groups excluding tert-OH is 1. The molecule has 0 heterocycles. The van der Waals surface area contributed by atoms with Crippen molar-refractivity contribution >= 4 is 12.0 Å². The van der Waals surface area contributed by atoms with E-state index in [1.165, 1.54) is 6.08 Å². The quantitative estimate of drug-likeness (QED) is 0.779. The van der Waals surface area contributed by atoms with E-state index >= 15 is 0 Å². The fraction of sp³-hybridized carbons (Fsp3) is 0.400. The number of carbonyl (C=O) groups is 1. The molecule has 2 rings (SSSR count). The van der Waals surface area contributed by atoms with Crippen LogP contribution in [0.15, 0.2) is 36.4 Å². The predicted octanol–water partition coefficient (Wildman–Crippen LogP) is 1.98. The van der Waals surface area contributed by atoms with E-state index in [4.69, 9.17) is 0 Å². The molecule has 1 aliphatic rings. The number of amides is 1. The van der Waals surface area contributed by atoms with Crippen LogP contribution in [-0.4, -0.2) is 23.2 Å². The van der Waals surface area contributed by atoms with E-state index in [0.717, 1.165) is 18.4 Å². The molecule has 18 heavy (non-hydrogen) atoms. The fourth-order valence-electron chi connectivity index (χ4n) is 2.05. The van der Waals surface area contributed by atoms with Gasteiger partial charge in [-0.25, -0.2) is 0 Å². The lowest BCUT2D eigenvalue weighted by molar-refractivity contribution is -0.119. The number of aliphatic hydroxyl groups is 1. The maximum atomic E-state index is 11.8. The number of nitrogens with one attached hydrogen (secondary N) is 1. The second-order valence-electron chi connectivity index (χ2n) is 5.08. The zero-order valence-electron chi connectivity index (χ0n) is 10.6. The monoisotopic (exact) mass is 245 g/mol. The minimum Gasteiger partial charge on any atom is -0.394 e. The van der Waals surface area contributed by atoms with Gasteiger partial charge < -0.3 is 10.4 Å². The molecule has 1 saturated carbocycles. The summed E-state index contributed by atoms with van der Waals surface area (Å²) in [7, 11) is 0. The Morgan fingerprint density at radius 3 is 2.67 bits per heavy atom. The lowest BCUT2D eigenvalue weighted by Crippen LogP contribution is -2.50. The highest BCUT2D eigenvalue weighted by molar-refractivity contribution is 5.92. The summed E-state index contributed by atoms with van der Waals surface area (Å²) in [6, 6.07) is 9.68. The molecule has 0 radical (unpaired) electrons. The Morgan fingerprint density at radius 1 is 1.44 bits per heavy atom. The first-order valence-corrected chi connectivity index (χ1v) is 6.30. The highest BCUT2D eigenvalue weighted by atomic mass is 16.3. The van der Waals surface area contributed by atoms with Gasteiger partial charge in [-0.15, -0.1) is 0 Å². The van der Waals surface area contributed by atoms with Crippen molar-refractivity contribution in [3.05, 3.63) is 42.0 Å². The van der Waals surface area contributed by atoms with Crippen molar-refractivity contribution in [2.24, 2.45) is 5.92 Å². The maximum absolute atomic E-state index is 11.8. The number of carbonyl (C=O) groups excluding carboxylic acids is 1. The summed E-state index contributed by atoms with van der Waals surface area (Å²) < 4.78 is 0. The Hall–Kier alpha value is -1.61. The molecule has 0 aliphatic heterocycles. The van der Waals surface area contributed by atoms with Crippen LogP contribution in [0.5, 0.6) is 0 Å². The molecular weight excluding hydrogens is 226 g/mol. The molecule has 0 spiro atoms. The predicted molar refractivity (Wildman–Crippen MR) is 71.8 cm³/mol. The lowest BCUT2D eigenvalue weighted by Gasteiger charge is -2.28. The summed E-state index contributed by atoms with van der Waals surface area (Å²) >= 11 is 0. The van der Waals surface area contributed by atoms with Crippen molar-refractivity contribution in [1.82, 2.24) is 5.32 Å². The van der Waals surface area contributed by atoms with Crippen LogP contribution >= 0.6 is 0 Å². The molecule has 1 aromatic rings. The second kappa shape index (κ2) is 5.36. The van der Waals surface area contributed by atoms with Crippen LogP contribution in [0, 0.1) is 5.92 Å². The lowest BCUT2D eigenvalue weighted by atomic mass is 9.97. The van der Waals surface area contributed by atoms with Gasteiger partial charge in [-0.3, -0.25) is 4.79 Å². The summed E-state index contributed by atoms with van der Waals surface area (Å²) in [6.07, 6.45) is 5.46. The van der Waals surface area contributed by atoms with Gasteiger partial charge >= 0.3 is 0 Å². The Labute approximate surface area is 108 Å². The largest absolute Gasteiger partial charge is 0.394 e. The minimum atomic E-state index is -0.474. The molecule has 0 aromatic heterocycles. The van der Waals surface area contributed by atoms with Crippen LogP contribution in [0.3, 0.4) is 0 Å². The molecule has 0 saturated heterocycles. The summed E-state index contributed by atoms with van der Waals surface area (Å²) in [5.74, 6) is 0.263. The third-order valence-electron chi connectivity index (χ3n) is 3.44. The molecule has 1 fully saturated rings. The molecule has 3 heteroatoms. The summed E-state index contributed by atoms with van der Waals surface area (Å²) in [4.78, 5) is 11.8. The van der Waals surface area contributed by atoms with Gasteiger partial charge in [0, 0.05) is 6.08 Å². The van der Waals surface area contributed by atoms with Crippen molar-refractivity contribution in [3.8, 4) is 0 Å². The Kier molecular flexibility index (Phi) is 3.82. The topological polar surface area (TPSA) is 49.3 Å². The van der Waals surface area contributed by atoms with Gasteiger partial charge in [-0.05, 0) is 37.3 Å². The number of benzene rings is 1. The first-order valence-electron chi connectivity index (χ1n) is 6.30. The van der Waals surface area contributed by atoms with Crippen LogP contribution in [-0.2, 0) is 4.79 Å². The van der Waals surface area contributed by atoms with Gasteiger partial charge in [-0.1, -0.05) is 30.3 Å². The smallest absolute Gasteiger partial charge is 0.244 e. The summed E-state index contributed by atoms with van der Waals surface area (Å²) in [5, 5.41) is 12.3. The maximum Gasteiger partial charge on any atom is 0.244 e. The van der Waals surface area contributed by atoms with Gasteiger partial charge in [0.2, 0.25) is 5.91 Å². The van der Waals surface area contributed by atoms with E-state index in [9.17, 15) is 9.90 Å². The molecule has 1 aromatic carbocycles. The van der Waals surface area contributed by atoms with Crippen LogP contribution in [0.2, 0.25) is 0 Å². The molecule has 0 bridgehead atoms. The molecule has 3 nitrogen and oxygen atoms in total. The third kappa shape index (κ3) is 3.20. The number of rotatable bonds is 5. The Balaban J connectivity index is 1.94. The molecule has 1 unspecified atom stereocenters. The van der Waals surface area contributed by atoms with Gasteiger partial charge in [0.1, 0.15) is 0 Å². The van der Waals surface area contributed by atoms with Crippen molar-refractivity contribution in [2.45, 2.75) is 25.3 Å². The Morgan fingerprint density at radius 2 is 2.11 bits per heavy atom. The first kappa shape index (κ1) is 12.8. The van der Waals surface area contributed by atoms with E-state index in [2.05, 4.69) is 5.32 Å². The van der Waals surface area contributed by atoms with E-state index in [0.29, 0.717) is 5.92 Å². The summed E-state index contributed by atoms with van der Waals surface area (Å²) in [6.45, 7) is 1.89. The van der Waals surface area contributed by atoms with E-state index in [-0.39, 0.29) is 12.5 Å². The number of hydrogen-bond donors (Lipinski definition) is 2. The average Bonchev–Trinajstić information content (AvgIpc) is 3.22. The third-order valence-corrected chi connectivity index (χ3v) is 3.44. The Bertz CT molecular complexity index is 437. The SMILES string of the molecule is CC(CO)(NC(=O)/C=C/c1ccccc1)C1CC1. The molecule has 96 valence electrons. The van der Waals surface area contributed by atoms with Crippen molar-refractivity contribution in [1.29, 1.82) is 0 Å². The van der Waals surface area contributed by atoms with Crippen LogP contribution < -0.4 is 5.32 Å². The second-order valence-corrected chi connectivity index (χ2v) is 5.08. The molecule has 1 atom stereocenters. The molecule has 1 aliphatic carbocycles. The van der Waals surface area contributed by atoms with Gasteiger partial charge in [0.25, 0.3) is 0 Å². The van der Waals surface area contributed by atoms with Gasteiger partial charge in [0.05, 0.1) is 12.1 Å². The molecule has 2 N–H and O–H groups in total. The zero-order valence-corrected chi connectivity index (χ0v) is 10.6.